The summed E-state index contributed by atoms with van der Waals surface area (Å²) in [4.78, 5) is 31.7. The number of hydrogen-bond acceptors (Lipinski definition) is 7. The van der Waals surface area contributed by atoms with Crippen LogP contribution in [-0.2, 0) is 17.9 Å². The van der Waals surface area contributed by atoms with Crippen molar-refractivity contribution in [1.82, 2.24) is 4.90 Å². The molecular weight excluding hydrogens is 562 g/mol. The molecule has 1 aliphatic rings. The Labute approximate surface area is 253 Å². The molecule has 0 aromatic heterocycles. The van der Waals surface area contributed by atoms with Gasteiger partial charge in [0, 0.05) is 5.56 Å². The van der Waals surface area contributed by atoms with E-state index in [1.54, 1.807) is 35.2 Å². The summed E-state index contributed by atoms with van der Waals surface area (Å²) in [5.74, 6) is -0.172. The molecule has 1 saturated heterocycles. The maximum absolute atomic E-state index is 13.7. The highest BCUT2D eigenvalue weighted by Crippen LogP contribution is 2.37. The minimum atomic E-state index is -1.01. The molecule has 4 aromatic carbocycles. The van der Waals surface area contributed by atoms with Gasteiger partial charge in [0.25, 0.3) is 5.91 Å². The van der Waals surface area contributed by atoms with Crippen LogP contribution in [0.15, 0.2) is 107 Å². The molecule has 0 spiro atoms. The van der Waals surface area contributed by atoms with Crippen molar-refractivity contribution < 1.29 is 24.2 Å². The van der Waals surface area contributed by atoms with Crippen LogP contribution in [-0.4, -0.2) is 33.7 Å². The van der Waals surface area contributed by atoms with Crippen LogP contribution in [0.5, 0.6) is 11.5 Å². The number of nitriles is 1. The number of amidine groups is 1. The highest BCUT2D eigenvalue weighted by molar-refractivity contribution is 8.18. The fraction of sp³-hybridized carbons (Fsp3) is 0.118. The number of carboxylic acids is 1. The fourth-order valence-corrected chi connectivity index (χ4v) is 5.34. The molecule has 0 atom stereocenters. The van der Waals surface area contributed by atoms with Crippen LogP contribution in [0, 0.1) is 11.3 Å². The lowest BCUT2D eigenvalue weighted by Gasteiger charge is -2.16. The largest absolute Gasteiger partial charge is 0.490 e. The molecule has 0 radical (unpaired) electrons. The van der Waals surface area contributed by atoms with E-state index in [-0.39, 0.29) is 24.6 Å². The van der Waals surface area contributed by atoms with Gasteiger partial charge >= 0.3 is 5.97 Å². The van der Waals surface area contributed by atoms with Gasteiger partial charge in [0.05, 0.1) is 40.9 Å². The van der Waals surface area contributed by atoms with E-state index in [2.05, 4.69) is 6.07 Å². The van der Waals surface area contributed by atoms with Crippen molar-refractivity contribution in [3.8, 4) is 17.6 Å². The number of ether oxygens (including phenoxy) is 2. The van der Waals surface area contributed by atoms with E-state index in [4.69, 9.17) is 14.5 Å². The molecule has 4 aromatic rings. The van der Waals surface area contributed by atoms with Gasteiger partial charge in [-0.05, 0) is 78.4 Å². The molecule has 1 amide bonds. The Morgan fingerprint density at radius 1 is 0.977 bits per heavy atom. The standard InChI is InChI=1S/C34H27N3O5S/c1-2-41-30-18-24(14-17-29(30)42-22-27-9-7-6-8-26(27)20-35)19-31-32(38)37(21-23-12-15-25(16-13-23)33(39)40)34(43-31)36-28-10-4-3-5-11-28/h3-19H,2,21-22H2,1H3,(H,39,40). The number of thioether (sulfide) groups is 1. The normalized spacial score (nSPS) is 14.6. The highest BCUT2D eigenvalue weighted by atomic mass is 32.2. The highest BCUT2D eigenvalue weighted by Gasteiger charge is 2.33. The molecule has 214 valence electrons. The number of carbonyl (C=O) groups is 2. The third kappa shape index (κ3) is 7.12. The number of para-hydroxylation sites is 1. The number of carbonyl (C=O) groups excluding carboxylic acids is 1. The van der Waals surface area contributed by atoms with E-state index >= 15 is 0 Å². The maximum atomic E-state index is 13.7. The number of aliphatic imine (C=N–C) groups is 1. The summed E-state index contributed by atoms with van der Waals surface area (Å²) >= 11 is 1.27. The van der Waals surface area contributed by atoms with Crippen LogP contribution in [0.1, 0.15) is 39.5 Å². The predicted molar refractivity (Wildman–Crippen MR) is 166 cm³/mol. The number of hydrogen-bond donors (Lipinski definition) is 1. The number of aromatic carboxylic acids is 1. The smallest absolute Gasteiger partial charge is 0.335 e. The Kier molecular flexibility index (Phi) is 9.20. The number of nitrogens with zero attached hydrogens (tertiary/aromatic N) is 3. The van der Waals surface area contributed by atoms with E-state index in [1.807, 2.05) is 67.6 Å². The lowest BCUT2D eigenvalue weighted by molar-refractivity contribution is -0.122. The Morgan fingerprint density at radius 3 is 2.44 bits per heavy atom. The third-order valence-electron chi connectivity index (χ3n) is 6.50. The van der Waals surface area contributed by atoms with Gasteiger partial charge in [-0.1, -0.05) is 54.6 Å². The first-order chi connectivity index (χ1) is 20.9. The van der Waals surface area contributed by atoms with E-state index in [9.17, 15) is 20.0 Å². The SMILES string of the molecule is CCOc1cc(C=C2SC(=Nc3ccccc3)N(Cc3ccc(C(=O)O)cc3)C2=O)ccc1OCc1ccccc1C#N. The van der Waals surface area contributed by atoms with E-state index in [0.717, 1.165) is 16.7 Å². The summed E-state index contributed by atoms with van der Waals surface area (Å²) in [6.45, 7) is 2.74. The molecule has 0 saturated carbocycles. The Balaban J connectivity index is 1.42. The zero-order chi connectivity index (χ0) is 30.2. The van der Waals surface area contributed by atoms with Crippen molar-refractivity contribution in [2.24, 2.45) is 4.99 Å². The molecule has 0 aliphatic carbocycles. The molecule has 1 aliphatic heterocycles. The van der Waals surface area contributed by atoms with Gasteiger partial charge in [-0.3, -0.25) is 9.69 Å². The molecule has 8 nitrogen and oxygen atoms in total. The van der Waals surface area contributed by atoms with Gasteiger partial charge in [0.15, 0.2) is 16.7 Å². The second-order valence-electron chi connectivity index (χ2n) is 9.43. The molecule has 1 fully saturated rings. The predicted octanol–water partition coefficient (Wildman–Crippen LogP) is 7.04. The van der Waals surface area contributed by atoms with E-state index in [0.29, 0.717) is 39.4 Å². The summed E-state index contributed by atoms with van der Waals surface area (Å²) in [6, 6.07) is 30.7. The lowest BCUT2D eigenvalue weighted by Crippen LogP contribution is -2.28. The monoisotopic (exact) mass is 589 g/mol. The lowest BCUT2D eigenvalue weighted by atomic mass is 10.1. The Bertz CT molecular complexity index is 1740. The maximum Gasteiger partial charge on any atom is 0.335 e. The van der Waals surface area contributed by atoms with Crippen LogP contribution in [0.3, 0.4) is 0 Å². The van der Waals surface area contributed by atoms with Crippen molar-refractivity contribution in [3.05, 3.63) is 130 Å². The van der Waals surface area contributed by atoms with Gasteiger partial charge in [0.2, 0.25) is 0 Å². The molecule has 1 heterocycles. The average molecular weight is 590 g/mol. The Morgan fingerprint density at radius 2 is 1.72 bits per heavy atom. The quantitative estimate of drug-likeness (QED) is 0.198. The second kappa shape index (κ2) is 13.6. The second-order valence-corrected chi connectivity index (χ2v) is 10.4. The zero-order valence-corrected chi connectivity index (χ0v) is 24.1. The summed E-state index contributed by atoms with van der Waals surface area (Å²) in [5, 5.41) is 19.1. The van der Waals surface area contributed by atoms with Crippen LogP contribution < -0.4 is 9.47 Å². The summed E-state index contributed by atoms with van der Waals surface area (Å²) in [7, 11) is 0. The number of amides is 1. The summed E-state index contributed by atoms with van der Waals surface area (Å²) in [6.07, 6.45) is 1.79. The number of carboxylic acid groups (broad SMARTS) is 1. The first kappa shape index (κ1) is 29.2. The van der Waals surface area contributed by atoms with Gasteiger partial charge in [0.1, 0.15) is 6.61 Å². The van der Waals surface area contributed by atoms with Crippen molar-refractivity contribution in [1.29, 1.82) is 5.26 Å². The van der Waals surface area contributed by atoms with Gasteiger partial charge in [-0.15, -0.1) is 0 Å². The molecule has 9 heteroatoms. The van der Waals surface area contributed by atoms with Gasteiger partial charge in [-0.25, -0.2) is 9.79 Å². The van der Waals surface area contributed by atoms with Crippen molar-refractivity contribution in [2.75, 3.05) is 6.61 Å². The molecular formula is C34H27N3O5S. The Hall–Kier alpha value is -5.33. The number of benzene rings is 4. The van der Waals surface area contributed by atoms with Crippen molar-refractivity contribution in [3.63, 3.8) is 0 Å². The van der Waals surface area contributed by atoms with Crippen molar-refractivity contribution >= 4 is 40.6 Å². The van der Waals surface area contributed by atoms with Crippen molar-refractivity contribution in [2.45, 2.75) is 20.1 Å². The molecule has 1 N–H and O–H groups in total. The molecule has 5 rings (SSSR count). The zero-order valence-electron chi connectivity index (χ0n) is 23.3. The van der Waals surface area contributed by atoms with Crippen LogP contribution in [0.25, 0.3) is 6.08 Å². The molecule has 43 heavy (non-hydrogen) atoms. The van der Waals surface area contributed by atoms with Gasteiger partial charge in [-0.2, -0.15) is 5.26 Å². The first-order valence-corrected chi connectivity index (χ1v) is 14.3. The van der Waals surface area contributed by atoms with Crippen LogP contribution in [0.2, 0.25) is 0 Å². The van der Waals surface area contributed by atoms with E-state index in [1.165, 1.54) is 23.9 Å². The topological polar surface area (TPSA) is 112 Å². The molecule has 0 bridgehead atoms. The summed E-state index contributed by atoms with van der Waals surface area (Å²) in [5.41, 5.74) is 3.73. The fourth-order valence-electron chi connectivity index (χ4n) is 4.34. The first-order valence-electron chi connectivity index (χ1n) is 13.5. The minimum absolute atomic E-state index is 0.177. The third-order valence-corrected chi connectivity index (χ3v) is 7.50. The van der Waals surface area contributed by atoms with Crippen LogP contribution in [0.4, 0.5) is 5.69 Å². The average Bonchev–Trinajstić information content (AvgIpc) is 3.30. The minimum Gasteiger partial charge on any atom is -0.490 e. The van der Waals surface area contributed by atoms with Gasteiger partial charge < -0.3 is 14.6 Å². The number of rotatable bonds is 10. The summed E-state index contributed by atoms with van der Waals surface area (Å²) < 4.78 is 11.9. The molecule has 0 unspecified atom stereocenters. The van der Waals surface area contributed by atoms with E-state index < -0.39 is 5.97 Å². The van der Waals surface area contributed by atoms with Crippen LogP contribution >= 0.6 is 11.8 Å².